The smallest absolute Gasteiger partial charge is 0.328 e. The first-order valence-electron chi connectivity index (χ1n) is 8.93. The second-order valence-corrected chi connectivity index (χ2v) is 7.63. The Morgan fingerprint density at radius 1 is 1.24 bits per heavy atom. The number of aliphatic hydroxyl groups excluding tert-OH is 1. The SMILES string of the molecule is CC(C)(C)NCC(O)COc1nsnc1N1CCOCC1.O=C(O)/C=C\C(=O)O. The van der Waals surface area contributed by atoms with Gasteiger partial charge in [0.05, 0.1) is 24.9 Å². The van der Waals surface area contributed by atoms with E-state index < -0.39 is 18.0 Å². The van der Waals surface area contributed by atoms with Gasteiger partial charge >= 0.3 is 11.9 Å². The van der Waals surface area contributed by atoms with Crippen LogP contribution in [-0.4, -0.2) is 87.1 Å². The summed E-state index contributed by atoms with van der Waals surface area (Å²) in [6.07, 6.45) is 0.536. The zero-order valence-electron chi connectivity index (χ0n) is 16.7. The maximum absolute atomic E-state index is 9.95. The molecule has 4 N–H and O–H groups in total. The number of aliphatic hydroxyl groups is 1. The van der Waals surface area contributed by atoms with Gasteiger partial charge in [-0.05, 0) is 20.8 Å². The predicted molar refractivity (Wildman–Crippen MR) is 107 cm³/mol. The average Bonchev–Trinajstić information content (AvgIpc) is 3.12. The number of β-amino-alcohol motifs (C(OH)–C–C–N with tert-alkyl or cyclic N) is 1. The monoisotopic (exact) mass is 432 g/mol. The number of carboxylic acid groups (broad SMARTS) is 2. The molecule has 1 aliphatic rings. The van der Waals surface area contributed by atoms with Gasteiger partial charge in [-0.2, -0.15) is 4.37 Å². The first-order chi connectivity index (χ1) is 13.6. The van der Waals surface area contributed by atoms with Crippen LogP contribution in [0.5, 0.6) is 5.88 Å². The molecule has 0 aromatic carbocycles. The van der Waals surface area contributed by atoms with Gasteiger partial charge in [0.2, 0.25) is 5.82 Å². The van der Waals surface area contributed by atoms with Gasteiger partial charge in [0.25, 0.3) is 5.88 Å². The van der Waals surface area contributed by atoms with Crippen LogP contribution in [0.2, 0.25) is 0 Å². The average molecular weight is 432 g/mol. The van der Waals surface area contributed by atoms with Crippen molar-refractivity contribution in [3.8, 4) is 5.88 Å². The number of nitrogens with one attached hydrogen (secondary N) is 1. The van der Waals surface area contributed by atoms with E-state index in [4.69, 9.17) is 19.7 Å². The molecule has 1 fully saturated rings. The lowest BCUT2D eigenvalue weighted by Gasteiger charge is -2.27. The molecule has 1 aliphatic heterocycles. The van der Waals surface area contributed by atoms with Crippen molar-refractivity contribution >= 4 is 29.5 Å². The zero-order valence-corrected chi connectivity index (χ0v) is 17.5. The fourth-order valence-electron chi connectivity index (χ4n) is 2.04. The Hall–Kier alpha value is -2.28. The molecule has 164 valence electrons. The summed E-state index contributed by atoms with van der Waals surface area (Å²) < 4.78 is 19.4. The van der Waals surface area contributed by atoms with Gasteiger partial charge in [-0.1, -0.05) is 0 Å². The molecule has 0 saturated carbocycles. The van der Waals surface area contributed by atoms with Crippen LogP contribution in [0.1, 0.15) is 20.8 Å². The predicted octanol–water partition coefficient (Wildman–Crippen LogP) is 0.214. The molecule has 0 spiro atoms. The molecular weight excluding hydrogens is 404 g/mol. The number of rotatable bonds is 8. The molecule has 0 aliphatic carbocycles. The minimum absolute atomic E-state index is 0.0257. The molecule has 1 atom stereocenters. The van der Waals surface area contributed by atoms with Gasteiger partial charge in [-0.25, -0.2) is 9.59 Å². The molecule has 1 saturated heterocycles. The molecule has 1 aromatic rings. The number of ether oxygens (including phenoxy) is 2. The zero-order chi connectivity index (χ0) is 21.9. The summed E-state index contributed by atoms with van der Waals surface area (Å²) in [5.74, 6) is -1.27. The number of hydrogen-bond donors (Lipinski definition) is 4. The van der Waals surface area contributed by atoms with Crippen LogP contribution in [0.3, 0.4) is 0 Å². The van der Waals surface area contributed by atoms with Crippen LogP contribution < -0.4 is 15.0 Å². The summed E-state index contributed by atoms with van der Waals surface area (Å²) in [5.41, 5.74) is -0.0257. The van der Waals surface area contributed by atoms with Crippen LogP contribution in [-0.2, 0) is 14.3 Å². The Morgan fingerprint density at radius 3 is 2.34 bits per heavy atom. The minimum atomic E-state index is -1.26. The number of morpholine rings is 1. The van der Waals surface area contributed by atoms with Crippen molar-refractivity contribution in [3.05, 3.63) is 12.2 Å². The Bertz CT molecular complexity index is 653. The van der Waals surface area contributed by atoms with E-state index in [2.05, 4.69) is 39.7 Å². The van der Waals surface area contributed by atoms with E-state index in [1.54, 1.807) is 0 Å². The summed E-state index contributed by atoms with van der Waals surface area (Å²) in [6, 6.07) is 0. The Labute approximate surface area is 173 Å². The number of carbonyl (C=O) groups is 2. The maximum atomic E-state index is 9.95. The number of carboxylic acids is 2. The summed E-state index contributed by atoms with van der Waals surface area (Å²) in [6.45, 7) is 9.81. The minimum Gasteiger partial charge on any atom is -0.478 e. The summed E-state index contributed by atoms with van der Waals surface area (Å²) in [4.78, 5) is 21.2. The topological polar surface area (TPSA) is 154 Å². The highest BCUT2D eigenvalue weighted by atomic mass is 32.1. The molecule has 2 rings (SSSR count). The van der Waals surface area contributed by atoms with Crippen molar-refractivity contribution in [1.82, 2.24) is 14.1 Å². The van der Waals surface area contributed by atoms with E-state index in [1.807, 2.05) is 0 Å². The van der Waals surface area contributed by atoms with Gasteiger partial charge < -0.3 is 35.0 Å². The summed E-state index contributed by atoms with van der Waals surface area (Å²) in [5, 5.41) is 28.8. The second-order valence-electron chi connectivity index (χ2n) is 7.10. The third kappa shape index (κ3) is 11.3. The van der Waals surface area contributed by atoms with Crippen molar-refractivity contribution in [3.63, 3.8) is 0 Å². The van der Waals surface area contributed by atoms with Crippen molar-refractivity contribution < 1.29 is 34.4 Å². The van der Waals surface area contributed by atoms with E-state index in [0.29, 0.717) is 37.8 Å². The Kier molecular flexibility index (Phi) is 10.5. The highest BCUT2D eigenvalue weighted by molar-refractivity contribution is 6.99. The van der Waals surface area contributed by atoms with Crippen LogP contribution in [0.15, 0.2) is 12.2 Å². The fourth-order valence-corrected chi connectivity index (χ4v) is 2.56. The molecule has 0 bridgehead atoms. The highest BCUT2D eigenvalue weighted by Crippen LogP contribution is 2.26. The van der Waals surface area contributed by atoms with Gasteiger partial charge in [0.1, 0.15) is 12.7 Å². The van der Waals surface area contributed by atoms with Gasteiger partial charge in [0, 0.05) is 37.3 Å². The third-order valence-electron chi connectivity index (χ3n) is 3.40. The van der Waals surface area contributed by atoms with Crippen molar-refractivity contribution in [1.29, 1.82) is 0 Å². The van der Waals surface area contributed by atoms with E-state index in [-0.39, 0.29) is 12.1 Å². The molecule has 1 unspecified atom stereocenters. The lowest BCUT2D eigenvalue weighted by atomic mass is 10.1. The van der Waals surface area contributed by atoms with E-state index >= 15 is 0 Å². The van der Waals surface area contributed by atoms with Crippen molar-refractivity contribution in [2.75, 3.05) is 44.4 Å². The fraction of sp³-hybridized carbons (Fsp3) is 0.647. The van der Waals surface area contributed by atoms with Crippen LogP contribution in [0.4, 0.5) is 5.82 Å². The van der Waals surface area contributed by atoms with Crippen LogP contribution in [0, 0.1) is 0 Å². The second kappa shape index (κ2) is 12.3. The third-order valence-corrected chi connectivity index (χ3v) is 3.90. The molecule has 0 radical (unpaired) electrons. The number of aromatic nitrogens is 2. The Balaban J connectivity index is 0.000000447. The first-order valence-corrected chi connectivity index (χ1v) is 9.66. The van der Waals surface area contributed by atoms with E-state index in [0.717, 1.165) is 30.6 Å². The molecule has 11 nitrogen and oxygen atoms in total. The Morgan fingerprint density at radius 2 is 1.83 bits per heavy atom. The van der Waals surface area contributed by atoms with Crippen LogP contribution >= 0.6 is 11.7 Å². The summed E-state index contributed by atoms with van der Waals surface area (Å²) >= 11 is 1.12. The van der Waals surface area contributed by atoms with E-state index in [9.17, 15) is 14.7 Å². The van der Waals surface area contributed by atoms with Crippen LogP contribution in [0.25, 0.3) is 0 Å². The van der Waals surface area contributed by atoms with E-state index in [1.165, 1.54) is 0 Å². The lowest BCUT2D eigenvalue weighted by Crippen LogP contribution is -2.42. The van der Waals surface area contributed by atoms with Crippen molar-refractivity contribution in [2.24, 2.45) is 0 Å². The highest BCUT2D eigenvalue weighted by Gasteiger charge is 2.21. The van der Waals surface area contributed by atoms with Gasteiger partial charge in [0.15, 0.2) is 0 Å². The molecular formula is C17H28N4O7S. The molecule has 2 heterocycles. The van der Waals surface area contributed by atoms with Crippen molar-refractivity contribution in [2.45, 2.75) is 32.4 Å². The number of nitrogens with zero attached hydrogens (tertiary/aromatic N) is 3. The summed E-state index contributed by atoms with van der Waals surface area (Å²) in [7, 11) is 0. The standard InChI is InChI=1S/C13H24N4O3S.C4H4O4/c1-13(2,3)14-8-10(18)9-20-12-11(15-21-16-12)17-4-6-19-7-5-17;5-3(6)1-2-4(7)8/h10,14,18H,4-9H2,1-3H3;1-2H,(H,5,6)(H,7,8)/b;2-1-. The maximum Gasteiger partial charge on any atom is 0.328 e. The molecule has 0 amide bonds. The number of hydrogen-bond acceptors (Lipinski definition) is 10. The normalized spacial score (nSPS) is 15.5. The lowest BCUT2D eigenvalue weighted by molar-refractivity contribution is -0.134. The first kappa shape index (κ1) is 24.8. The van der Waals surface area contributed by atoms with Gasteiger partial charge in [-0.15, -0.1) is 4.37 Å². The van der Waals surface area contributed by atoms with Gasteiger partial charge in [-0.3, -0.25) is 0 Å². The number of anilines is 1. The molecule has 29 heavy (non-hydrogen) atoms. The quantitative estimate of drug-likeness (QED) is 0.417. The molecule has 1 aromatic heterocycles. The largest absolute Gasteiger partial charge is 0.478 e. The molecule has 12 heteroatoms. The number of aliphatic carboxylic acids is 2.